The fourth-order valence-electron chi connectivity index (χ4n) is 1.26. The molecule has 0 radical (unpaired) electrons. The molecule has 0 aliphatic carbocycles. The fraction of sp³-hybridized carbons (Fsp3) is 0.364. The Balaban J connectivity index is 2.53. The van der Waals surface area contributed by atoms with Crippen LogP contribution in [-0.2, 0) is 4.79 Å². The molecular formula is C11H13BrN2O4. The largest absolute Gasteiger partial charge is 0.492 e. The van der Waals surface area contributed by atoms with E-state index >= 15 is 0 Å². The molecule has 0 saturated heterocycles. The number of amides is 1. The Morgan fingerprint density at radius 2 is 2.28 bits per heavy atom. The number of hydrogen-bond donors (Lipinski definition) is 1. The molecule has 1 aromatic carbocycles. The zero-order chi connectivity index (χ0) is 13.5. The highest BCUT2D eigenvalue weighted by atomic mass is 79.9. The van der Waals surface area contributed by atoms with E-state index in [1.165, 1.54) is 12.1 Å². The minimum Gasteiger partial charge on any atom is -0.492 e. The lowest BCUT2D eigenvalue weighted by atomic mass is 10.3. The monoisotopic (exact) mass is 316 g/mol. The summed E-state index contributed by atoms with van der Waals surface area (Å²) in [6.07, 6.45) is 0.915. The van der Waals surface area contributed by atoms with Crippen molar-refractivity contribution in [3.63, 3.8) is 0 Å². The van der Waals surface area contributed by atoms with E-state index in [1.807, 2.05) is 0 Å². The van der Waals surface area contributed by atoms with Crippen LogP contribution in [-0.4, -0.2) is 24.5 Å². The van der Waals surface area contributed by atoms with Crippen LogP contribution in [0.3, 0.4) is 0 Å². The van der Waals surface area contributed by atoms with Crippen molar-refractivity contribution in [3.8, 4) is 5.75 Å². The number of nitro benzene ring substituents is 1. The molecule has 0 unspecified atom stereocenters. The van der Waals surface area contributed by atoms with E-state index in [4.69, 9.17) is 4.74 Å². The molecule has 0 aliphatic rings. The number of nitro groups is 1. The lowest BCUT2D eigenvalue weighted by molar-refractivity contribution is -0.385. The summed E-state index contributed by atoms with van der Waals surface area (Å²) >= 11 is 3.25. The predicted octanol–water partition coefficient (Wildman–Crippen LogP) is 2.26. The van der Waals surface area contributed by atoms with E-state index in [0.29, 0.717) is 29.7 Å². The van der Waals surface area contributed by atoms with Crippen molar-refractivity contribution in [1.82, 2.24) is 5.32 Å². The van der Waals surface area contributed by atoms with Gasteiger partial charge in [0.2, 0.25) is 5.91 Å². The minimum atomic E-state index is -0.482. The quantitative estimate of drug-likeness (QED) is 0.496. The van der Waals surface area contributed by atoms with E-state index in [-0.39, 0.29) is 11.6 Å². The van der Waals surface area contributed by atoms with Crippen molar-refractivity contribution in [2.24, 2.45) is 0 Å². The molecule has 1 N–H and O–H groups in total. The van der Waals surface area contributed by atoms with Crippen molar-refractivity contribution in [2.75, 3.05) is 13.7 Å². The molecule has 0 heterocycles. The van der Waals surface area contributed by atoms with E-state index in [2.05, 4.69) is 21.2 Å². The van der Waals surface area contributed by atoms with Gasteiger partial charge in [-0.25, -0.2) is 0 Å². The minimum absolute atomic E-state index is 0.0282. The summed E-state index contributed by atoms with van der Waals surface area (Å²) in [5, 5.41) is 13.1. The first-order valence-electron chi connectivity index (χ1n) is 5.32. The topological polar surface area (TPSA) is 81.5 Å². The van der Waals surface area contributed by atoms with Crippen LogP contribution in [0.4, 0.5) is 5.69 Å². The van der Waals surface area contributed by atoms with Gasteiger partial charge in [-0.3, -0.25) is 14.9 Å². The fourth-order valence-corrected chi connectivity index (χ4v) is 1.62. The van der Waals surface area contributed by atoms with Gasteiger partial charge in [0, 0.05) is 19.5 Å². The molecule has 6 nitrogen and oxygen atoms in total. The Kier molecular flexibility index (Phi) is 5.57. The summed E-state index contributed by atoms with van der Waals surface area (Å²) in [4.78, 5) is 21.1. The average molecular weight is 317 g/mol. The van der Waals surface area contributed by atoms with Crippen LogP contribution < -0.4 is 10.1 Å². The first-order valence-corrected chi connectivity index (χ1v) is 6.11. The third-order valence-corrected chi connectivity index (χ3v) is 2.87. The third-order valence-electron chi connectivity index (χ3n) is 2.21. The van der Waals surface area contributed by atoms with E-state index < -0.39 is 4.92 Å². The first-order chi connectivity index (χ1) is 8.54. The van der Waals surface area contributed by atoms with E-state index in [0.717, 1.165) is 0 Å². The molecule has 1 amide bonds. The lowest BCUT2D eigenvalue weighted by Crippen LogP contribution is -2.18. The number of rotatable bonds is 6. The second-order valence-electron chi connectivity index (χ2n) is 3.50. The smallest absolute Gasteiger partial charge is 0.273 e. The summed E-state index contributed by atoms with van der Waals surface area (Å²) in [5.74, 6) is 0.345. The molecule has 1 aromatic rings. The second kappa shape index (κ2) is 6.95. The van der Waals surface area contributed by atoms with Gasteiger partial charge in [0.15, 0.2) is 0 Å². The van der Waals surface area contributed by atoms with Crippen LogP contribution in [0.15, 0.2) is 22.7 Å². The summed E-state index contributed by atoms with van der Waals surface area (Å²) in [5.41, 5.74) is -0.0282. The molecule has 0 bridgehead atoms. The average Bonchev–Trinajstić information content (AvgIpc) is 2.35. The molecule has 0 fully saturated rings. The number of carbonyl (C=O) groups is 1. The van der Waals surface area contributed by atoms with Gasteiger partial charge in [-0.15, -0.1) is 0 Å². The Morgan fingerprint density at radius 3 is 2.89 bits per heavy atom. The van der Waals surface area contributed by atoms with E-state index in [1.54, 1.807) is 13.1 Å². The number of nitrogens with one attached hydrogen (secondary N) is 1. The Hall–Kier alpha value is -1.63. The highest BCUT2D eigenvalue weighted by molar-refractivity contribution is 9.10. The van der Waals surface area contributed by atoms with Crippen LogP contribution in [0.2, 0.25) is 0 Å². The van der Waals surface area contributed by atoms with Gasteiger partial charge in [-0.05, 0) is 28.4 Å². The normalized spacial score (nSPS) is 9.89. The highest BCUT2D eigenvalue weighted by Crippen LogP contribution is 2.29. The number of nitrogens with zero attached hydrogens (tertiary/aromatic N) is 1. The van der Waals surface area contributed by atoms with Crippen LogP contribution in [0, 0.1) is 10.1 Å². The van der Waals surface area contributed by atoms with Crippen molar-refractivity contribution in [1.29, 1.82) is 0 Å². The number of benzene rings is 1. The zero-order valence-electron chi connectivity index (χ0n) is 9.81. The maximum absolute atomic E-state index is 11.0. The van der Waals surface area contributed by atoms with Gasteiger partial charge < -0.3 is 10.1 Å². The van der Waals surface area contributed by atoms with Crippen molar-refractivity contribution in [2.45, 2.75) is 12.8 Å². The molecule has 0 aliphatic heterocycles. The summed E-state index contributed by atoms with van der Waals surface area (Å²) < 4.78 is 6.04. The number of carbonyl (C=O) groups excluding carboxylic acids is 1. The predicted molar refractivity (Wildman–Crippen MR) is 69.6 cm³/mol. The zero-order valence-corrected chi connectivity index (χ0v) is 11.4. The third kappa shape index (κ3) is 4.33. The van der Waals surface area contributed by atoms with Crippen molar-refractivity contribution < 1.29 is 14.5 Å². The Bertz CT molecular complexity index is 451. The standard InChI is InChI=1S/C11H13BrN2O4/c1-13-11(15)3-2-6-18-10-7-8(14(16)17)4-5-9(10)12/h4-5,7H,2-3,6H2,1H3,(H,13,15). The lowest BCUT2D eigenvalue weighted by Gasteiger charge is -2.07. The molecule has 0 spiro atoms. The number of hydrogen-bond acceptors (Lipinski definition) is 4. The summed E-state index contributed by atoms with van der Waals surface area (Å²) in [6.45, 7) is 0.327. The van der Waals surface area contributed by atoms with Crippen molar-refractivity contribution >= 4 is 27.5 Å². The van der Waals surface area contributed by atoms with Crippen LogP contribution >= 0.6 is 15.9 Å². The van der Waals surface area contributed by atoms with Crippen LogP contribution in [0.5, 0.6) is 5.75 Å². The number of halogens is 1. The van der Waals surface area contributed by atoms with Crippen LogP contribution in [0.1, 0.15) is 12.8 Å². The second-order valence-corrected chi connectivity index (χ2v) is 4.35. The number of non-ortho nitro benzene ring substituents is 1. The molecule has 98 valence electrons. The highest BCUT2D eigenvalue weighted by Gasteiger charge is 2.10. The molecule has 0 atom stereocenters. The van der Waals surface area contributed by atoms with Gasteiger partial charge in [0.1, 0.15) is 5.75 Å². The SMILES string of the molecule is CNC(=O)CCCOc1cc([N+](=O)[O-])ccc1Br. The van der Waals surface area contributed by atoms with Gasteiger partial charge >= 0.3 is 0 Å². The summed E-state index contributed by atoms with van der Waals surface area (Å²) in [7, 11) is 1.57. The maximum atomic E-state index is 11.0. The Morgan fingerprint density at radius 1 is 1.56 bits per heavy atom. The van der Waals surface area contributed by atoms with Gasteiger partial charge in [0.25, 0.3) is 5.69 Å². The maximum Gasteiger partial charge on any atom is 0.273 e. The molecule has 7 heteroatoms. The first kappa shape index (κ1) is 14.4. The number of ether oxygens (including phenoxy) is 1. The van der Waals surface area contributed by atoms with Crippen molar-refractivity contribution in [3.05, 3.63) is 32.8 Å². The molecule has 0 saturated carbocycles. The summed E-state index contributed by atoms with van der Waals surface area (Å²) in [6, 6.07) is 4.30. The molecular weight excluding hydrogens is 304 g/mol. The van der Waals surface area contributed by atoms with E-state index in [9.17, 15) is 14.9 Å². The molecule has 0 aromatic heterocycles. The van der Waals surface area contributed by atoms with Gasteiger partial charge in [-0.2, -0.15) is 0 Å². The molecule has 1 rings (SSSR count). The van der Waals surface area contributed by atoms with Gasteiger partial charge in [-0.1, -0.05) is 0 Å². The Labute approximate surface area is 113 Å². The van der Waals surface area contributed by atoms with Gasteiger partial charge in [0.05, 0.1) is 22.1 Å². The van der Waals surface area contributed by atoms with Crippen LogP contribution in [0.25, 0.3) is 0 Å². The molecule has 18 heavy (non-hydrogen) atoms.